The van der Waals surface area contributed by atoms with Crippen molar-refractivity contribution in [3.63, 3.8) is 0 Å². The highest BCUT2D eigenvalue weighted by Crippen LogP contribution is 2.25. The number of rotatable bonds is 7. The van der Waals surface area contributed by atoms with Crippen LogP contribution < -0.4 is 20.9 Å². The molecule has 2 unspecified atom stereocenters. The number of carbonyl (C=O) groups is 1. The fraction of sp³-hybridized carbons (Fsp3) is 0.350. The summed E-state index contributed by atoms with van der Waals surface area (Å²) < 4.78 is 27.8. The van der Waals surface area contributed by atoms with E-state index in [2.05, 4.69) is 34.7 Å². The lowest BCUT2D eigenvalue weighted by Crippen LogP contribution is -2.40. The Balaban J connectivity index is 1.68. The molecule has 0 spiro atoms. The van der Waals surface area contributed by atoms with Gasteiger partial charge >= 0.3 is 0 Å². The summed E-state index contributed by atoms with van der Waals surface area (Å²) in [5.74, 6) is 0.320. The van der Waals surface area contributed by atoms with E-state index in [1.165, 1.54) is 12.1 Å². The molecule has 4 N–H and O–H groups in total. The van der Waals surface area contributed by atoms with Crippen molar-refractivity contribution in [2.75, 3.05) is 10.0 Å². The molecule has 2 aromatic carbocycles. The minimum Gasteiger partial charge on any atom is -0.325 e. The minimum absolute atomic E-state index is 0.0328. The highest BCUT2D eigenvalue weighted by molar-refractivity contribution is 7.92. The Kier molecular flexibility index (Phi) is 6.79. The molecule has 1 heterocycles. The first-order valence-electron chi connectivity index (χ1n) is 9.44. The summed E-state index contributed by atoms with van der Waals surface area (Å²) in [5.41, 5.74) is 6.85. The summed E-state index contributed by atoms with van der Waals surface area (Å²) in [5, 5.41) is 3.09. The predicted molar refractivity (Wildman–Crippen MR) is 115 cm³/mol. The number of anilines is 2. The molecule has 0 radical (unpaired) electrons. The molecule has 2 aromatic rings. The van der Waals surface area contributed by atoms with Crippen LogP contribution in [0, 0.1) is 5.92 Å². The van der Waals surface area contributed by atoms with Gasteiger partial charge in [0.15, 0.2) is 0 Å². The molecule has 156 valence electrons. The van der Waals surface area contributed by atoms with Gasteiger partial charge in [0.2, 0.25) is 5.91 Å². The van der Waals surface area contributed by atoms with E-state index in [0.717, 1.165) is 6.42 Å². The minimum atomic E-state index is -3.85. The third-order valence-electron chi connectivity index (χ3n) is 4.58. The summed E-state index contributed by atoms with van der Waals surface area (Å²) >= 11 is 6.04. The SMILES string of the molecule is CC(C)CC1CC(C(=O)Nc2cccc(S(=O)(=O)Nc3ccccc3Cl)c2)NN1. The van der Waals surface area contributed by atoms with Crippen molar-refractivity contribution in [3.05, 3.63) is 53.6 Å². The number of nitrogens with one attached hydrogen (secondary N) is 4. The van der Waals surface area contributed by atoms with Gasteiger partial charge in [0.25, 0.3) is 10.0 Å². The average Bonchev–Trinajstić information content (AvgIpc) is 3.12. The number of sulfonamides is 1. The van der Waals surface area contributed by atoms with Crippen LogP contribution in [-0.4, -0.2) is 26.4 Å². The van der Waals surface area contributed by atoms with E-state index in [9.17, 15) is 13.2 Å². The highest BCUT2D eigenvalue weighted by atomic mass is 35.5. The third-order valence-corrected chi connectivity index (χ3v) is 6.28. The number of hydrazine groups is 1. The van der Waals surface area contributed by atoms with E-state index in [4.69, 9.17) is 11.6 Å². The molecular weight excluding hydrogens is 412 g/mol. The summed E-state index contributed by atoms with van der Waals surface area (Å²) in [6.45, 7) is 4.27. The van der Waals surface area contributed by atoms with Crippen molar-refractivity contribution >= 4 is 38.9 Å². The molecule has 0 saturated carbocycles. The number of halogens is 1. The van der Waals surface area contributed by atoms with Gasteiger partial charge in [0.1, 0.15) is 6.04 Å². The second-order valence-corrected chi connectivity index (χ2v) is 9.60. The second kappa shape index (κ2) is 9.13. The fourth-order valence-electron chi connectivity index (χ4n) is 3.24. The first-order valence-corrected chi connectivity index (χ1v) is 11.3. The predicted octanol–water partition coefficient (Wildman–Crippen LogP) is 3.36. The van der Waals surface area contributed by atoms with Gasteiger partial charge in [0.05, 0.1) is 15.6 Å². The van der Waals surface area contributed by atoms with Gasteiger partial charge in [-0.1, -0.05) is 43.6 Å². The zero-order chi connectivity index (χ0) is 21.0. The average molecular weight is 437 g/mol. The molecule has 1 saturated heterocycles. The van der Waals surface area contributed by atoms with Crippen molar-refractivity contribution in [1.29, 1.82) is 0 Å². The Morgan fingerprint density at radius 1 is 1.17 bits per heavy atom. The molecule has 2 atom stereocenters. The summed E-state index contributed by atoms with van der Waals surface area (Å²) in [6, 6.07) is 12.6. The Hall–Kier alpha value is -2.13. The number of carbonyl (C=O) groups excluding carboxylic acids is 1. The monoisotopic (exact) mass is 436 g/mol. The van der Waals surface area contributed by atoms with E-state index in [0.29, 0.717) is 28.7 Å². The topological polar surface area (TPSA) is 99.3 Å². The lowest BCUT2D eigenvalue weighted by atomic mass is 10.00. The molecule has 1 fully saturated rings. The van der Waals surface area contributed by atoms with E-state index in [1.54, 1.807) is 36.4 Å². The number of hydrogen-bond donors (Lipinski definition) is 4. The molecule has 29 heavy (non-hydrogen) atoms. The van der Waals surface area contributed by atoms with Crippen molar-refractivity contribution in [3.8, 4) is 0 Å². The van der Waals surface area contributed by atoms with Crippen molar-refractivity contribution in [2.24, 2.45) is 5.92 Å². The number of para-hydroxylation sites is 1. The Bertz CT molecular complexity index is 981. The van der Waals surface area contributed by atoms with Crippen LogP contribution >= 0.6 is 11.6 Å². The van der Waals surface area contributed by atoms with Crippen LogP contribution in [-0.2, 0) is 14.8 Å². The summed E-state index contributed by atoms with van der Waals surface area (Å²) in [6.07, 6.45) is 1.65. The normalized spacial score (nSPS) is 19.3. The molecule has 1 amide bonds. The van der Waals surface area contributed by atoms with Gasteiger partial charge in [-0.3, -0.25) is 14.9 Å². The number of hydrogen-bond acceptors (Lipinski definition) is 5. The van der Waals surface area contributed by atoms with Gasteiger partial charge in [-0.2, -0.15) is 0 Å². The molecule has 7 nitrogen and oxygen atoms in total. The lowest BCUT2D eigenvalue weighted by molar-refractivity contribution is -0.117. The van der Waals surface area contributed by atoms with Gasteiger partial charge in [-0.05, 0) is 49.1 Å². The number of benzene rings is 2. The van der Waals surface area contributed by atoms with E-state index in [1.807, 2.05) is 0 Å². The first kappa shape index (κ1) is 21.6. The van der Waals surface area contributed by atoms with Crippen LogP contribution in [0.5, 0.6) is 0 Å². The molecule has 9 heteroatoms. The zero-order valence-corrected chi connectivity index (χ0v) is 17.8. The maximum Gasteiger partial charge on any atom is 0.262 e. The summed E-state index contributed by atoms with van der Waals surface area (Å²) in [4.78, 5) is 12.6. The number of amides is 1. The molecule has 0 aliphatic carbocycles. The smallest absolute Gasteiger partial charge is 0.262 e. The van der Waals surface area contributed by atoms with Gasteiger partial charge in [-0.15, -0.1) is 0 Å². The van der Waals surface area contributed by atoms with Crippen LogP contribution in [0.1, 0.15) is 26.7 Å². The van der Waals surface area contributed by atoms with Gasteiger partial charge < -0.3 is 5.32 Å². The Labute approximate surface area is 176 Å². The maximum absolute atomic E-state index is 12.7. The second-order valence-electron chi connectivity index (χ2n) is 7.51. The van der Waals surface area contributed by atoms with Gasteiger partial charge in [0, 0.05) is 11.7 Å². The van der Waals surface area contributed by atoms with E-state index >= 15 is 0 Å². The van der Waals surface area contributed by atoms with Crippen LogP contribution in [0.3, 0.4) is 0 Å². The summed E-state index contributed by atoms with van der Waals surface area (Å²) in [7, 11) is -3.85. The van der Waals surface area contributed by atoms with Crippen molar-refractivity contribution < 1.29 is 13.2 Å². The van der Waals surface area contributed by atoms with Crippen molar-refractivity contribution in [1.82, 2.24) is 10.9 Å². The highest BCUT2D eigenvalue weighted by Gasteiger charge is 2.29. The maximum atomic E-state index is 12.7. The largest absolute Gasteiger partial charge is 0.325 e. The third kappa shape index (κ3) is 5.70. The van der Waals surface area contributed by atoms with E-state index in [-0.39, 0.29) is 22.9 Å². The van der Waals surface area contributed by atoms with Crippen LogP contribution in [0.2, 0.25) is 5.02 Å². The first-order chi connectivity index (χ1) is 13.7. The Morgan fingerprint density at radius 3 is 2.66 bits per heavy atom. The molecule has 3 rings (SSSR count). The Morgan fingerprint density at radius 2 is 1.93 bits per heavy atom. The van der Waals surface area contributed by atoms with Crippen LogP contribution in [0.25, 0.3) is 0 Å². The van der Waals surface area contributed by atoms with E-state index < -0.39 is 10.0 Å². The molecule has 0 aromatic heterocycles. The zero-order valence-electron chi connectivity index (χ0n) is 16.3. The quantitative estimate of drug-likeness (QED) is 0.533. The van der Waals surface area contributed by atoms with Crippen LogP contribution in [0.4, 0.5) is 11.4 Å². The molecule has 0 bridgehead atoms. The molecule has 1 aliphatic rings. The lowest BCUT2D eigenvalue weighted by Gasteiger charge is -2.13. The molecule has 1 aliphatic heterocycles. The fourth-order valence-corrected chi connectivity index (χ4v) is 4.60. The standard InChI is InChI=1S/C20H25ClN4O3S/c1-13(2)10-15-12-19(24-23-15)20(26)22-14-6-5-7-16(11-14)29(27,28)25-18-9-4-3-8-17(18)21/h3-9,11,13,15,19,23-25H,10,12H2,1-2H3,(H,22,26). The van der Waals surface area contributed by atoms with Gasteiger partial charge in [-0.25, -0.2) is 13.8 Å². The molecular formula is C20H25ClN4O3S. The van der Waals surface area contributed by atoms with Crippen LogP contribution in [0.15, 0.2) is 53.4 Å². The van der Waals surface area contributed by atoms with Crippen molar-refractivity contribution in [2.45, 2.75) is 43.7 Å².